The first-order valence-electron chi connectivity index (χ1n) is 6.15. The van der Waals surface area contributed by atoms with Crippen LogP contribution in [-0.2, 0) is 6.54 Å². The minimum absolute atomic E-state index is 0.600. The molecule has 5 heteroatoms. The first kappa shape index (κ1) is 12.5. The van der Waals surface area contributed by atoms with Crippen molar-refractivity contribution in [3.63, 3.8) is 0 Å². The summed E-state index contributed by atoms with van der Waals surface area (Å²) in [5.74, 6) is 1.90. The largest absolute Gasteiger partial charge is 0.361 e. The Labute approximate surface area is 107 Å². The summed E-state index contributed by atoms with van der Waals surface area (Å²) in [5, 5.41) is 8.74. The lowest BCUT2D eigenvalue weighted by Crippen LogP contribution is -2.28. The average molecular weight is 252 g/mol. The zero-order chi connectivity index (χ0) is 12.1. The third kappa shape index (κ3) is 4.07. The average Bonchev–Trinajstić information content (AvgIpc) is 2.89. The summed E-state index contributed by atoms with van der Waals surface area (Å²) in [7, 11) is 0. The third-order valence-corrected chi connectivity index (χ3v) is 3.74. The summed E-state index contributed by atoms with van der Waals surface area (Å²) in [4.78, 5) is 4.56. The smallest absolute Gasteiger partial charge is 0.156 e. The molecule has 0 aromatic carbocycles. The number of amidine groups is 1. The van der Waals surface area contributed by atoms with Crippen LogP contribution < -0.4 is 5.32 Å². The predicted molar refractivity (Wildman–Crippen MR) is 73.4 cm³/mol. The number of hydrogen-bond acceptors (Lipinski definition) is 3. The van der Waals surface area contributed by atoms with Gasteiger partial charge in [-0.15, -0.1) is 0 Å². The SMILES string of the molecule is CC(C)CC1CSC(=NCCn2cccn2)N1. The van der Waals surface area contributed by atoms with E-state index >= 15 is 0 Å². The molecule has 1 aliphatic heterocycles. The van der Waals surface area contributed by atoms with Crippen molar-refractivity contribution < 1.29 is 0 Å². The molecular formula is C12H20N4S. The van der Waals surface area contributed by atoms with Crippen LogP contribution in [0, 0.1) is 5.92 Å². The van der Waals surface area contributed by atoms with Crippen LogP contribution >= 0.6 is 11.8 Å². The minimum atomic E-state index is 0.600. The Balaban J connectivity index is 1.72. The molecule has 1 saturated heterocycles. The fourth-order valence-electron chi connectivity index (χ4n) is 1.91. The molecule has 1 aromatic heterocycles. The van der Waals surface area contributed by atoms with Crippen molar-refractivity contribution in [3.05, 3.63) is 18.5 Å². The molecule has 0 spiro atoms. The molecule has 1 atom stereocenters. The predicted octanol–water partition coefficient (Wildman–Crippen LogP) is 1.99. The molecule has 1 unspecified atom stereocenters. The van der Waals surface area contributed by atoms with E-state index in [9.17, 15) is 0 Å². The van der Waals surface area contributed by atoms with Crippen molar-refractivity contribution in [2.75, 3.05) is 12.3 Å². The number of nitrogens with one attached hydrogen (secondary N) is 1. The number of nitrogens with zero attached hydrogens (tertiary/aromatic N) is 3. The lowest BCUT2D eigenvalue weighted by Gasteiger charge is -2.11. The van der Waals surface area contributed by atoms with Gasteiger partial charge in [0.05, 0.1) is 13.1 Å². The van der Waals surface area contributed by atoms with Crippen molar-refractivity contribution >= 4 is 16.9 Å². The van der Waals surface area contributed by atoms with Gasteiger partial charge in [0.2, 0.25) is 0 Å². The third-order valence-electron chi connectivity index (χ3n) is 2.65. The zero-order valence-electron chi connectivity index (χ0n) is 10.5. The summed E-state index contributed by atoms with van der Waals surface area (Å²) >= 11 is 1.84. The van der Waals surface area contributed by atoms with Crippen LogP contribution in [0.25, 0.3) is 0 Å². The summed E-state index contributed by atoms with van der Waals surface area (Å²) in [6, 6.07) is 2.54. The van der Waals surface area contributed by atoms with E-state index in [0.717, 1.165) is 29.9 Å². The fourth-order valence-corrected chi connectivity index (χ4v) is 2.92. The topological polar surface area (TPSA) is 42.2 Å². The van der Waals surface area contributed by atoms with Crippen LogP contribution in [0.15, 0.2) is 23.5 Å². The molecule has 1 aromatic rings. The molecule has 2 heterocycles. The fraction of sp³-hybridized carbons (Fsp3) is 0.667. The second kappa shape index (κ2) is 6.10. The monoisotopic (exact) mass is 252 g/mol. The van der Waals surface area contributed by atoms with Crippen molar-refractivity contribution in [2.24, 2.45) is 10.9 Å². The molecule has 2 rings (SSSR count). The van der Waals surface area contributed by atoms with E-state index in [0.29, 0.717) is 6.04 Å². The van der Waals surface area contributed by atoms with Crippen molar-refractivity contribution in [3.8, 4) is 0 Å². The Morgan fingerprint density at radius 3 is 3.24 bits per heavy atom. The molecule has 0 radical (unpaired) electrons. The van der Waals surface area contributed by atoms with Crippen LogP contribution in [0.4, 0.5) is 0 Å². The maximum Gasteiger partial charge on any atom is 0.156 e. The van der Waals surface area contributed by atoms with Crippen molar-refractivity contribution in [1.82, 2.24) is 15.1 Å². The van der Waals surface area contributed by atoms with E-state index in [1.165, 1.54) is 6.42 Å². The Hall–Kier alpha value is -0.970. The van der Waals surface area contributed by atoms with Crippen LogP contribution in [0.5, 0.6) is 0 Å². The molecule has 0 saturated carbocycles. The summed E-state index contributed by atoms with van der Waals surface area (Å²) in [6.07, 6.45) is 5.00. The number of thioether (sulfide) groups is 1. The van der Waals surface area contributed by atoms with Gasteiger partial charge in [0.1, 0.15) is 0 Å². The standard InChI is InChI=1S/C12H20N4S/c1-10(2)8-11-9-17-12(15-11)13-5-7-16-6-3-4-14-16/h3-4,6,10-11H,5,7-9H2,1-2H3,(H,13,15). The van der Waals surface area contributed by atoms with E-state index in [4.69, 9.17) is 0 Å². The van der Waals surface area contributed by atoms with Gasteiger partial charge in [-0.05, 0) is 18.4 Å². The highest BCUT2D eigenvalue weighted by Crippen LogP contribution is 2.18. The number of aliphatic imine (C=N–C) groups is 1. The molecule has 0 amide bonds. The normalized spacial score (nSPS) is 22.3. The minimum Gasteiger partial charge on any atom is -0.361 e. The van der Waals surface area contributed by atoms with E-state index in [2.05, 4.69) is 29.3 Å². The quantitative estimate of drug-likeness (QED) is 0.871. The maximum absolute atomic E-state index is 4.56. The van der Waals surface area contributed by atoms with E-state index in [1.807, 2.05) is 28.7 Å². The molecule has 17 heavy (non-hydrogen) atoms. The maximum atomic E-state index is 4.56. The Bertz CT molecular complexity index is 359. The highest BCUT2D eigenvalue weighted by Gasteiger charge is 2.20. The number of rotatable bonds is 5. The first-order chi connectivity index (χ1) is 8.24. The van der Waals surface area contributed by atoms with Crippen LogP contribution in [-0.4, -0.2) is 33.3 Å². The van der Waals surface area contributed by atoms with Gasteiger partial charge < -0.3 is 5.32 Å². The Kier molecular flexibility index (Phi) is 4.48. The van der Waals surface area contributed by atoms with Crippen LogP contribution in [0.2, 0.25) is 0 Å². The molecule has 4 nitrogen and oxygen atoms in total. The van der Waals surface area contributed by atoms with E-state index < -0.39 is 0 Å². The van der Waals surface area contributed by atoms with E-state index in [-0.39, 0.29) is 0 Å². The van der Waals surface area contributed by atoms with Gasteiger partial charge in [-0.3, -0.25) is 9.67 Å². The van der Waals surface area contributed by atoms with Gasteiger partial charge in [0.25, 0.3) is 0 Å². The highest BCUT2D eigenvalue weighted by molar-refractivity contribution is 8.14. The van der Waals surface area contributed by atoms with Gasteiger partial charge in [-0.25, -0.2) is 0 Å². The second-order valence-electron chi connectivity index (χ2n) is 4.74. The Morgan fingerprint density at radius 1 is 1.65 bits per heavy atom. The van der Waals surface area contributed by atoms with Crippen molar-refractivity contribution in [1.29, 1.82) is 0 Å². The van der Waals surface area contributed by atoms with Crippen LogP contribution in [0.3, 0.4) is 0 Å². The number of aromatic nitrogens is 2. The summed E-state index contributed by atoms with van der Waals surface area (Å²) in [6.45, 7) is 6.18. The van der Waals surface area contributed by atoms with Gasteiger partial charge in [-0.1, -0.05) is 25.6 Å². The molecule has 1 fully saturated rings. The zero-order valence-corrected chi connectivity index (χ0v) is 11.3. The number of hydrogen-bond donors (Lipinski definition) is 1. The van der Waals surface area contributed by atoms with E-state index in [1.54, 1.807) is 6.20 Å². The lowest BCUT2D eigenvalue weighted by atomic mass is 10.1. The summed E-state index contributed by atoms with van der Waals surface area (Å²) in [5.41, 5.74) is 0. The summed E-state index contributed by atoms with van der Waals surface area (Å²) < 4.78 is 1.91. The van der Waals surface area contributed by atoms with Crippen molar-refractivity contribution in [2.45, 2.75) is 32.9 Å². The van der Waals surface area contributed by atoms with Gasteiger partial charge in [0.15, 0.2) is 5.17 Å². The van der Waals surface area contributed by atoms with Gasteiger partial charge in [-0.2, -0.15) is 5.10 Å². The first-order valence-corrected chi connectivity index (χ1v) is 7.14. The van der Waals surface area contributed by atoms with Gasteiger partial charge in [0, 0.05) is 24.2 Å². The van der Waals surface area contributed by atoms with Crippen LogP contribution in [0.1, 0.15) is 20.3 Å². The molecule has 0 bridgehead atoms. The second-order valence-corrected chi connectivity index (χ2v) is 5.75. The lowest BCUT2D eigenvalue weighted by molar-refractivity contribution is 0.502. The molecule has 94 valence electrons. The molecular weight excluding hydrogens is 232 g/mol. The van der Waals surface area contributed by atoms with Gasteiger partial charge >= 0.3 is 0 Å². The highest BCUT2D eigenvalue weighted by atomic mass is 32.2. The molecule has 1 aliphatic rings. The molecule has 0 aliphatic carbocycles. The molecule has 1 N–H and O–H groups in total. The Morgan fingerprint density at radius 2 is 2.53 bits per heavy atom.